The molecule has 0 spiro atoms. The van der Waals surface area contributed by atoms with Crippen LogP contribution in [-0.2, 0) is 9.59 Å². The first-order valence-electron chi connectivity index (χ1n) is 9.43. The van der Waals surface area contributed by atoms with E-state index in [9.17, 15) is 14.0 Å². The second-order valence-electron chi connectivity index (χ2n) is 6.87. The summed E-state index contributed by atoms with van der Waals surface area (Å²) in [5.41, 5.74) is 1.28. The predicted molar refractivity (Wildman–Crippen MR) is 104 cm³/mol. The van der Waals surface area contributed by atoms with Crippen LogP contribution < -0.4 is 14.5 Å². The fraction of sp³-hybridized carbons (Fsp3) is 0.333. The van der Waals surface area contributed by atoms with Crippen molar-refractivity contribution >= 4 is 23.2 Å². The Labute approximate surface area is 163 Å². The zero-order valence-corrected chi connectivity index (χ0v) is 15.5. The fourth-order valence-electron chi connectivity index (χ4n) is 3.67. The zero-order chi connectivity index (χ0) is 19.5. The Morgan fingerprint density at radius 2 is 1.64 bits per heavy atom. The highest BCUT2D eigenvalue weighted by atomic mass is 19.1. The summed E-state index contributed by atoms with van der Waals surface area (Å²) >= 11 is 0. The molecular weight excluding hydrogens is 361 g/mol. The Morgan fingerprint density at radius 3 is 2.39 bits per heavy atom. The molecule has 0 aromatic heterocycles. The van der Waals surface area contributed by atoms with Crippen molar-refractivity contribution in [3.05, 3.63) is 54.3 Å². The predicted octanol–water partition coefficient (Wildman–Crippen LogP) is 2.29. The molecule has 0 saturated carbocycles. The number of carbonyl (C=O) groups is 2. The van der Waals surface area contributed by atoms with Crippen molar-refractivity contribution < 1.29 is 18.7 Å². The van der Waals surface area contributed by atoms with Gasteiger partial charge in [0.1, 0.15) is 11.6 Å². The number of amides is 2. The second kappa shape index (κ2) is 7.88. The minimum absolute atomic E-state index is 0.00459. The second-order valence-corrected chi connectivity index (χ2v) is 6.87. The first-order valence-corrected chi connectivity index (χ1v) is 9.43. The lowest BCUT2D eigenvalue weighted by Gasteiger charge is -2.36. The Bertz CT molecular complexity index is 881. The summed E-state index contributed by atoms with van der Waals surface area (Å²) in [6.07, 6.45) is 0.250. The highest BCUT2D eigenvalue weighted by Crippen LogP contribution is 2.31. The molecule has 1 fully saturated rings. The van der Waals surface area contributed by atoms with Gasteiger partial charge in [0.15, 0.2) is 6.61 Å². The van der Waals surface area contributed by atoms with Crippen LogP contribution in [0.15, 0.2) is 48.5 Å². The Morgan fingerprint density at radius 1 is 0.964 bits per heavy atom. The topological polar surface area (TPSA) is 53.1 Å². The molecule has 2 heterocycles. The lowest BCUT2D eigenvalue weighted by molar-refractivity contribution is -0.131. The number of anilines is 2. The summed E-state index contributed by atoms with van der Waals surface area (Å²) in [7, 11) is 0. The number of hydrogen-bond donors (Lipinski definition) is 0. The Hall–Kier alpha value is -3.09. The van der Waals surface area contributed by atoms with Gasteiger partial charge in [-0.25, -0.2) is 4.39 Å². The molecule has 0 radical (unpaired) electrons. The number of halogens is 1. The number of benzene rings is 2. The fourth-order valence-corrected chi connectivity index (χ4v) is 3.67. The normalized spacial score (nSPS) is 16.6. The van der Waals surface area contributed by atoms with Crippen LogP contribution in [0.4, 0.5) is 15.8 Å². The van der Waals surface area contributed by atoms with Crippen molar-refractivity contribution in [3.63, 3.8) is 0 Å². The molecule has 6 nitrogen and oxygen atoms in total. The molecule has 2 aliphatic rings. The summed E-state index contributed by atoms with van der Waals surface area (Å²) in [5, 5.41) is 0. The smallest absolute Gasteiger partial charge is 0.265 e. The van der Waals surface area contributed by atoms with Gasteiger partial charge in [0.25, 0.3) is 5.91 Å². The first-order chi connectivity index (χ1) is 13.6. The van der Waals surface area contributed by atoms with Crippen LogP contribution in [0, 0.1) is 5.82 Å². The highest BCUT2D eigenvalue weighted by molar-refractivity contribution is 5.98. The van der Waals surface area contributed by atoms with Gasteiger partial charge in [0.2, 0.25) is 5.91 Å². The molecule has 2 aliphatic heterocycles. The van der Waals surface area contributed by atoms with E-state index in [2.05, 4.69) is 0 Å². The van der Waals surface area contributed by atoms with Gasteiger partial charge in [-0.2, -0.15) is 0 Å². The maximum atomic E-state index is 13.9. The molecule has 0 bridgehead atoms. The van der Waals surface area contributed by atoms with E-state index >= 15 is 0 Å². The minimum Gasteiger partial charge on any atom is -0.482 e. The van der Waals surface area contributed by atoms with Gasteiger partial charge >= 0.3 is 0 Å². The summed E-state index contributed by atoms with van der Waals surface area (Å²) in [6, 6.07) is 14.0. The van der Waals surface area contributed by atoms with Gasteiger partial charge in [-0.05, 0) is 24.3 Å². The van der Waals surface area contributed by atoms with Crippen LogP contribution >= 0.6 is 0 Å². The standard InChI is InChI=1S/C21H22FN3O3/c22-16-5-1-2-6-17(16)23-11-13-24(14-12-23)20(26)9-10-25-18-7-3-4-8-19(18)28-15-21(25)27/h1-8H,9-15H2. The van der Waals surface area contributed by atoms with E-state index in [1.54, 1.807) is 21.9 Å². The molecule has 1 saturated heterocycles. The third-order valence-corrected chi connectivity index (χ3v) is 5.18. The van der Waals surface area contributed by atoms with Crippen LogP contribution in [0.3, 0.4) is 0 Å². The third kappa shape index (κ3) is 3.65. The number of carbonyl (C=O) groups excluding carboxylic acids is 2. The SMILES string of the molecule is O=C(CCN1C(=O)COc2ccccc21)N1CCN(c2ccccc2F)CC1. The van der Waals surface area contributed by atoms with Crippen LogP contribution in [0.5, 0.6) is 5.75 Å². The van der Waals surface area contributed by atoms with E-state index in [0.29, 0.717) is 49.8 Å². The van der Waals surface area contributed by atoms with Crippen LogP contribution in [0.1, 0.15) is 6.42 Å². The van der Waals surface area contributed by atoms with Crippen molar-refractivity contribution in [2.75, 3.05) is 49.1 Å². The molecule has 0 aliphatic carbocycles. The average molecular weight is 383 g/mol. The molecule has 7 heteroatoms. The number of hydrogen-bond acceptors (Lipinski definition) is 4. The molecule has 0 unspecified atom stereocenters. The van der Waals surface area contributed by atoms with E-state index < -0.39 is 0 Å². The molecule has 0 atom stereocenters. The van der Waals surface area contributed by atoms with Gasteiger partial charge < -0.3 is 19.4 Å². The van der Waals surface area contributed by atoms with Crippen molar-refractivity contribution in [1.82, 2.24) is 4.90 Å². The zero-order valence-electron chi connectivity index (χ0n) is 15.5. The van der Waals surface area contributed by atoms with Crippen molar-refractivity contribution in [2.45, 2.75) is 6.42 Å². The van der Waals surface area contributed by atoms with Crippen LogP contribution in [-0.4, -0.2) is 56.0 Å². The Kier molecular flexibility index (Phi) is 5.14. The number of nitrogens with zero attached hydrogens (tertiary/aromatic N) is 3. The van der Waals surface area contributed by atoms with Crippen LogP contribution in [0.25, 0.3) is 0 Å². The highest BCUT2D eigenvalue weighted by Gasteiger charge is 2.27. The molecule has 28 heavy (non-hydrogen) atoms. The minimum atomic E-state index is -0.244. The lowest BCUT2D eigenvalue weighted by atomic mass is 10.2. The van der Waals surface area contributed by atoms with Gasteiger partial charge in [-0.3, -0.25) is 9.59 Å². The number of piperazine rings is 1. The summed E-state index contributed by atoms with van der Waals surface area (Å²) in [6.45, 7) is 2.58. The third-order valence-electron chi connectivity index (χ3n) is 5.18. The number of ether oxygens (including phenoxy) is 1. The lowest BCUT2D eigenvalue weighted by Crippen LogP contribution is -2.50. The van der Waals surface area contributed by atoms with Crippen molar-refractivity contribution in [2.24, 2.45) is 0 Å². The molecular formula is C21H22FN3O3. The summed E-state index contributed by atoms with van der Waals surface area (Å²) in [4.78, 5) is 30.2. The number of para-hydroxylation sites is 3. The van der Waals surface area contributed by atoms with Gasteiger partial charge in [0, 0.05) is 39.1 Å². The van der Waals surface area contributed by atoms with E-state index in [1.807, 2.05) is 35.2 Å². The first kappa shape index (κ1) is 18.3. The van der Waals surface area contributed by atoms with E-state index in [1.165, 1.54) is 6.07 Å². The summed E-state index contributed by atoms with van der Waals surface area (Å²) < 4.78 is 19.4. The van der Waals surface area contributed by atoms with E-state index in [0.717, 1.165) is 0 Å². The monoisotopic (exact) mass is 383 g/mol. The maximum Gasteiger partial charge on any atom is 0.265 e. The molecule has 4 rings (SSSR count). The Balaban J connectivity index is 1.33. The molecule has 146 valence electrons. The molecule has 0 N–H and O–H groups in total. The number of fused-ring (bicyclic) bond motifs is 1. The molecule has 2 aromatic rings. The van der Waals surface area contributed by atoms with Gasteiger partial charge in [-0.1, -0.05) is 24.3 Å². The number of rotatable bonds is 4. The molecule has 2 aromatic carbocycles. The summed E-state index contributed by atoms with van der Waals surface area (Å²) in [5.74, 6) is 0.278. The van der Waals surface area contributed by atoms with Gasteiger partial charge in [-0.15, -0.1) is 0 Å². The molecule has 2 amide bonds. The quantitative estimate of drug-likeness (QED) is 0.813. The van der Waals surface area contributed by atoms with Gasteiger partial charge in [0.05, 0.1) is 11.4 Å². The van der Waals surface area contributed by atoms with E-state index in [4.69, 9.17) is 4.74 Å². The van der Waals surface area contributed by atoms with Crippen molar-refractivity contribution in [3.8, 4) is 5.75 Å². The van der Waals surface area contributed by atoms with E-state index in [-0.39, 0.29) is 30.7 Å². The average Bonchev–Trinajstić information content (AvgIpc) is 2.73. The van der Waals surface area contributed by atoms with Crippen molar-refractivity contribution in [1.29, 1.82) is 0 Å². The largest absolute Gasteiger partial charge is 0.482 e. The maximum absolute atomic E-state index is 13.9. The van der Waals surface area contributed by atoms with Crippen LogP contribution in [0.2, 0.25) is 0 Å².